The zero-order valence-electron chi connectivity index (χ0n) is 19.4. The lowest BCUT2D eigenvalue weighted by Gasteiger charge is -2.43. The molecule has 1 unspecified atom stereocenters. The minimum atomic E-state index is -0.639. The van der Waals surface area contributed by atoms with Crippen LogP contribution in [0.25, 0.3) is 5.57 Å². The van der Waals surface area contributed by atoms with E-state index < -0.39 is 5.54 Å². The predicted molar refractivity (Wildman–Crippen MR) is 141 cm³/mol. The maximum atomic E-state index is 13.9. The van der Waals surface area contributed by atoms with Gasteiger partial charge in [0.15, 0.2) is 5.78 Å². The average Bonchev–Trinajstić information content (AvgIpc) is 2.94. The summed E-state index contributed by atoms with van der Waals surface area (Å²) in [4.78, 5) is 15.9. The molecular formula is C32H24N2O. The Kier molecular flexibility index (Phi) is 5.87. The molecule has 1 atom stereocenters. The van der Waals surface area contributed by atoms with E-state index in [2.05, 4.69) is 36.1 Å². The van der Waals surface area contributed by atoms with Crippen molar-refractivity contribution in [2.75, 3.05) is 4.90 Å². The van der Waals surface area contributed by atoms with Crippen molar-refractivity contribution in [2.45, 2.75) is 12.5 Å². The summed E-state index contributed by atoms with van der Waals surface area (Å²) in [6.07, 6.45) is 4.07. The van der Waals surface area contributed by atoms with Gasteiger partial charge in [0.1, 0.15) is 6.07 Å². The Morgan fingerprint density at radius 1 is 0.771 bits per heavy atom. The number of nitriles is 1. The summed E-state index contributed by atoms with van der Waals surface area (Å²) < 4.78 is 0. The van der Waals surface area contributed by atoms with Crippen LogP contribution in [0.15, 0.2) is 133 Å². The molecule has 0 spiro atoms. The van der Waals surface area contributed by atoms with Gasteiger partial charge in [-0.15, -0.1) is 0 Å². The topological polar surface area (TPSA) is 44.1 Å². The fourth-order valence-electron chi connectivity index (χ4n) is 4.64. The Balaban J connectivity index is 1.79. The van der Waals surface area contributed by atoms with Gasteiger partial charge >= 0.3 is 0 Å². The van der Waals surface area contributed by atoms with Gasteiger partial charge in [-0.25, -0.2) is 0 Å². The van der Waals surface area contributed by atoms with E-state index >= 15 is 0 Å². The number of carbonyl (C=O) groups excluding carboxylic acids is 1. The molecule has 35 heavy (non-hydrogen) atoms. The van der Waals surface area contributed by atoms with Crippen LogP contribution in [0.4, 0.5) is 5.69 Å². The first-order valence-electron chi connectivity index (χ1n) is 11.6. The van der Waals surface area contributed by atoms with E-state index in [9.17, 15) is 10.1 Å². The van der Waals surface area contributed by atoms with Gasteiger partial charge in [0.25, 0.3) is 0 Å². The van der Waals surface area contributed by atoms with Gasteiger partial charge in [-0.1, -0.05) is 103 Å². The number of nitrogens with zero attached hydrogens (tertiary/aromatic N) is 2. The SMILES string of the molecule is CC1(c2ccccc2)C=C(c2ccccc2)C(C(=O)c2ccccc2)=CN1c1ccccc1C#N. The highest BCUT2D eigenvalue weighted by Crippen LogP contribution is 2.44. The molecule has 4 aromatic rings. The summed E-state index contributed by atoms with van der Waals surface area (Å²) in [6, 6.07) is 39.4. The number of carbonyl (C=O) groups is 1. The van der Waals surface area contributed by atoms with Crippen molar-refractivity contribution in [1.82, 2.24) is 0 Å². The maximum absolute atomic E-state index is 13.9. The van der Waals surface area contributed by atoms with Crippen molar-refractivity contribution in [2.24, 2.45) is 0 Å². The molecule has 4 aromatic carbocycles. The molecular weight excluding hydrogens is 428 g/mol. The normalized spacial score (nSPS) is 17.2. The molecule has 0 N–H and O–H groups in total. The first-order chi connectivity index (χ1) is 17.1. The molecule has 0 radical (unpaired) electrons. The summed E-state index contributed by atoms with van der Waals surface area (Å²) in [5, 5.41) is 9.89. The van der Waals surface area contributed by atoms with Gasteiger partial charge in [0.05, 0.1) is 16.8 Å². The number of anilines is 1. The largest absolute Gasteiger partial charge is 0.333 e. The van der Waals surface area contributed by atoms with Crippen molar-refractivity contribution < 1.29 is 4.79 Å². The van der Waals surface area contributed by atoms with Crippen molar-refractivity contribution >= 4 is 17.0 Å². The van der Waals surface area contributed by atoms with Crippen molar-refractivity contribution in [3.8, 4) is 6.07 Å². The maximum Gasteiger partial charge on any atom is 0.195 e. The van der Waals surface area contributed by atoms with E-state index in [4.69, 9.17) is 0 Å². The molecule has 0 saturated heterocycles. The molecule has 0 aliphatic carbocycles. The second-order valence-electron chi connectivity index (χ2n) is 8.67. The summed E-state index contributed by atoms with van der Waals surface area (Å²) >= 11 is 0. The molecule has 0 aromatic heterocycles. The molecule has 3 heteroatoms. The molecule has 0 fully saturated rings. The van der Waals surface area contributed by atoms with E-state index in [0.29, 0.717) is 16.7 Å². The molecule has 1 heterocycles. The lowest BCUT2D eigenvalue weighted by molar-refractivity contribution is 0.103. The first kappa shape index (κ1) is 22.1. The third-order valence-electron chi connectivity index (χ3n) is 6.48. The lowest BCUT2D eigenvalue weighted by Crippen LogP contribution is -2.42. The van der Waals surface area contributed by atoms with E-state index in [1.165, 1.54) is 0 Å². The van der Waals surface area contributed by atoms with Crippen LogP contribution in [0.5, 0.6) is 0 Å². The third kappa shape index (κ3) is 4.07. The van der Waals surface area contributed by atoms with E-state index in [0.717, 1.165) is 22.4 Å². The van der Waals surface area contributed by atoms with Crippen molar-refractivity contribution in [3.63, 3.8) is 0 Å². The fourth-order valence-corrected chi connectivity index (χ4v) is 4.64. The van der Waals surface area contributed by atoms with Crippen molar-refractivity contribution in [3.05, 3.63) is 155 Å². The van der Waals surface area contributed by atoms with Crippen LogP contribution in [-0.4, -0.2) is 5.78 Å². The van der Waals surface area contributed by atoms with Crippen LogP contribution >= 0.6 is 0 Å². The standard InChI is InChI=1S/C32H24N2O/c1-32(27-18-9-4-10-19-27)21-28(24-13-5-2-6-14-24)29(31(35)25-15-7-3-8-16-25)23-34(32)30-20-12-11-17-26(30)22-33/h2-21,23H,1H3. The Labute approximate surface area is 205 Å². The Morgan fingerprint density at radius 3 is 2.00 bits per heavy atom. The van der Waals surface area contributed by atoms with Crippen LogP contribution in [0, 0.1) is 11.3 Å². The number of benzene rings is 4. The number of para-hydroxylation sites is 1. The Morgan fingerprint density at radius 2 is 1.34 bits per heavy atom. The molecule has 1 aliphatic heterocycles. The average molecular weight is 453 g/mol. The summed E-state index contributed by atoms with van der Waals surface area (Å²) in [7, 11) is 0. The fraction of sp³-hybridized carbons (Fsp3) is 0.0625. The highest BCUT2D eigenvalue weighted by atomic mass is 16.1. The second kappa shape index (κ2) is 9.29. The van der Waals surface area contributed by atoms with Gasteiger partial charge in [-0.3, -0.25) is 4.79 Å². The third-order valence-corrected chi connectivity index (χ3v) is 6.48. The van der Waals surface area contributed by atoms with Crippen molar-refractivity contribution in [1.29, 1.82) is 5.26 Å². The second-order valence-corrected chi connectivity index (χ2v) is 8.67. The Hall–Kier alpha value is -4.68. The zero-order valence-corrected chi connectivity index (χ0v) is 19.4. The van der Waals surface area contributed by atoms with Crippen LogP contribution in [0.1, 0.15) is 34.0 Å². The Bertz CT molecular complexity index is 1460. The van der Waals surface area contributed by atoms with Gasteiger partial charge in [-0.2, -0.15) is 5.26 Å². The molecule has 0 bridgehead atoms. The lowest BCUT2D eigenvalue weighted by atomic mass is 9.79. The molecule has 0 saturated carbocycles. The first-order valence-corrected chi connectivity index (χ1v) is 11.6. The molecule has 1 aliphatic rings. The van der Waals surface area contributed by atoms with E-state index in [1.807, 2.05) is 109 Å². The minimum Gasteiger partial charge on any atom is -0.333 e. The predicted octanol–water partition coefficient (Wildman–Crippen LogP) is 7.14. The summed E-state index contributed by atoms with van der Waals surface area (Å²) in [5.74, 6) is -0.0600. The highest BCUT2D eigenvalue weighted by molar-refractivity contribution is 6.19. The highest BCUT2D eigenvalue weighted by Gasteiger charge is 2.38. The quantitative estimate of drug-likeness (QED) is 0.302. The number of hydrogen-bond acceptors (Lipinski definition) is 3. The van der Waals surface area contributed by atoms with Gasteiger partial charge in [0.2, 0.25) is 0 Å². The number of rotatable bonds is 5. The van der Waals surface area contributed by atoms with E-state index in [-0.39, 0.29) is 5.78 Å². The van der Waals surface area contributed by atoms with Crippen LogP contribution in [0.2, 0.25) is 0 Å². The molecule has 5 rings (SSSR count). The number of Topliss-reactive ketones (excluding diaryl/α,β-unsaturated/α-hetero) is 1. The summed E-state index contributed by atoms with van der Waals surface area (Å²) in [5.41, 5.74) is 4.77. The van der Waals surface area contributed by atoms with Crippen LogP contribution in [0.3, 0.4) is 0 Å². The van der Waals surface area contributed by atoms with E-state index in [1.54, 1.807) is 0 Å². The monoisotopic (exact) mass is 452 g/mol. The van der Waals surface area contributed by atoms with Crippen LogP contribution in [-0.2, 0) is 5.54 Å². The van der Waals surface area contributed by atoms with Gasteiger partial charge in [-0.05, 0) is 41.8 Å². The smallest absolute Gasteiger partial charge is 0.195 e. The van der Waals surface area contributed by atoms with Gasteiger partial charge < -0.3 is 4.90 Å². The zero-order chi connectivity index (χ0) is 24.3. The molecule has 0 amide bonds. The molecule has 3 nitrogen and oxygen atoms in total. The minimum absolute atomic E-state index is 0.0600. The van der Waals surface area contributed by atoms with Gasteiger partial charge in [0, 0.05) is 17.3 Å². The molecule has 168 valence electrons. The number of ketones is 1. The number of allylic oxidation sites excluding steroid dienone is 2. The van der Waals surface area contributed by atoms with Crippen LogP contribution < -0.4 is 4.90 Å². The number of hydrogen-bond donors (Lipinski definition) is 0. The summed E-state index contributed by atoms with van der Waals surface area (Å²) in [6.45, 7) is 2.12.